The lowest BCUT2D eigenvalue weighted by Gasteiger charge is -2.30. The molecule has 0 atom stereocenters. The van der Waals surface area contributed by atoms with E-state index >= 15 is 0 Å². The minimum atomic E-state index is -3.78. The average Bonchev–Trinajstić information content (AvgIpc) is 2.79. The van der Waals surface area contributed by atoms with E-state index in [4.69, 9.17) is 4.74 Å². The van der Waals surface area contributed by atoms with Crippen LogP contribution in [0, 0.1) is 11.7 Å². The Morgan fingerprint density at radius 2 is 1.81 bits per heavy atom. The Bertz CT molecular complexity index is 1030. The molecule has 0 amide bonds. The lowest BCUT2D eigenvalue weighted by Crippen LogP contribution is -2.40. The van der Waals surface area contributed by atoms with Gasteiger partial charge in [-0.2, -0.15) is 4.31 Å². The van der Waals surface area contributed by atoms with Crippen LogP contribution >= 0.6 is 0 Å². The van der Waals surface area contributed by atoms with Crippen LogP contribution in [-0.4, -0.2) is 50.7 Å². The summed E-state index contributed by atoms with van der Waals surface area (Å²) in [6.45, 7) is 2.42. The van der Waals surface area contributed by atoms with Gasteiger partial charge in [-0.25, -0.2) is 12.8 Å². The van der Waals surface area contributed by atoms with Crippen LogP contribution < -0.4 is 5.32 Å². The van der Waals surface area contributed by atoms with E-state index in [1.54, 1.807) is 13.0 Å². The molecule has 1 aliphatic heterocycles. The number of sulfonamides is 1. The van der Waals surface area contributed by atoms with Crippen molar-refractivity contribution in [3.8, 4) is 0 Å². The number of halogens is 1. The molecule has 0 bridgehead atoms. The Labute approximate surface area is 181 Å². The molecule has 0 radical (unpaired) electrons. The van der Waals surface area contributed by atoms with Crippen molar-refractivity contribution >= 4 is 27.5 Å². The van der Waals surface area contributed by atoms with E-state index in [1.165, 1.54) is 46.8 Å². The number of Topliss-reactive ketones (excluding diaryl/α,β-unsaturated/α-hetero) is 1. The number of ketones is 1. The zero-order chi connectivity index (χ0) is 22.4. The van der Waals surface area contributed by atoms with Gasteiger partial charge in [-0.15, -0.1) is 0 Å². The summed E-state index contributed by atoms with van der Waals surface area (Å²) in [6.07, 6.45) is 0.802. The highest BCUT2D eigenvalue weighted by molar-refractivity contribution is 7.89. The van der Waals surface area contributed by atoms with Crippen molar-refractivity contribution in [3.63, 3.8) is 0 Å². The number of esters is 1. The zero-order valence-electron chi connectivity index (χ0n) is 17.2. The number of anilines is 1. The van der Waals surface area contributed by atoms with Crippen molar-refractivity contribution in [2.75, 3.05) is 31.6 Å². The third-order valence-corrected chi connectivity index (χ3v) is 7.06. The first-order valence-corrected chi connectivity index (χ1v) is 11.5. The molecule has 1 N–H and O–H groups in total. The van der Waals surface area contributed by atoms with Crippen molar-refractivity contribution in [2.45, 2.75) is 24.7 Å². The van der Waals surface area contributed by atoms with Crippen LogP contribution in [0.15, 0.2) is 53.4 Å². The second kappa shape index (κ2) is 10.0. The van der Waals surface area contributed by atoms with Gasteiger partial charge in [0.05, 0.1) is 24.0 Å². The Kier molecular flexibility index (Phi) is 7.40. The van der Waals surface area contributed by atoms with E-state index < -0.39 is 10.0 Å². The molecule has 31 heavy (non-hydrogen) atoms. The van der Waals surface area contributed by atoms with Crippen LogP contribution in [0.3, 0.4) is 0 Å². The van der Waals surface area contributed by atoms with Crippen molar-refractivity contribution in [1.29, 1.82) is 0 Å². The van der Waals surface area contributed by atoms with E-state index in [9.17, 15) is 22.4 Å². The van der Waals surface area contributed by atoms with E-state index in [-0.39, 0.29) is 53.6 Å². The topological polar surface area (TPSA) is 92.8 Å². The smallest absolute Gasteiger partial charge is 0.309 e. The lowest BCUT2D eigenvalue weighted by atomic mass is 9.98. The average molecular weight is 449 g/mol. The summed E-state index contributed by atoms with van der Waals surface area (Å²) in [6, 6.07) is 11.5. The molecule has 166 valence electrons. The monoisotopic (exact) mass is 448 g/mol. The summed E-state index contributed by atoms with van der Waals surface area (Å²) < 4.78 is 45.4. The standard InChI is InChI=1S/C22H25FN2O5S/c1-2-30-22(27)16-10-12-25(13-11-16)31(28,29)20-5-3-4-17(14-20)21(26)15-24-19-8-6-18(23)7-9-19/h3-9,14,16,24H,2,10-13,15H2,1H3. The number of rotatable bonds is 8. The van der Waals surface area contributed by atoms with Gasteiger partial charge in [-0.3, -0.25) is 9.59 Å². The molecular weight excluding hydrogens is 423 g/mol. The van der Waals surface area contributed by atoms with Crippen LogP contribution in [0.5, 0.6) is 0 Å². The zero-order valence-corrected chi connectivity index (χ0v) is 18.0. The number of hydrogen-bond donors (Lipinski definition) is 1. The number of carbonyl (C=O) groups excluding carboxylic acids is 2. The summed E-state index contributed by atoms with van der Waals surface area (Å²) in [7, 11) is -3.78. The first-order chi connectivity index (χ1) is 14.8. The van der Waals surface area contributed by atoms with E-state index in [1.807, 2.05) is 0 Å². The first kappa shape index (κ1) is 22.9. The molecule has 9 heteroatoms. The van der Waals surface area contributed by atoms with E-state index in [0.717, 1.165) is 0 Å². The molecular formula is C22H25FN2O5S. The summed E-state index contributed by atoms with van der Waals surface area (Å²) in [5.41, 5.74) is 0.847. The summed E-state index contributed by atoms with van der Waals surface area (Å²) in [5, 5.41) is 2.90. The second-order valence-electron chi connectivity index (χ2n) is 7.24. The van der Waals surface area contributed by atoms with E-state index in [2.05, 4.69) is 5.32 Å². The Morgan fingerprint density at radius 3 is 2.45 bits per heavy atom. The maximum atomic E-state index is 13.0. The Balaban J connectivity index is 1.65. The molecule has 0 spiro atoms. The molecule has 0 aliphatic carbocycles. The summed E-state index contributed by atoms with van der Waals surface area (Å²) in [5.74, 6) is -1.25. The molecule has 2 aromatic carbocycles. The minimum Gasteiger partial charge on any atom is -0.466 e. The molecule has 7 nitrogen and oxygen atoms in total. The number of carbonyl (C=O) groups is 2. The van der Waals surface area contributed by atoms with Crippen LogP contribution in [0.4, 0.5) is 10.1 Å². The fourth-order valence-electron chi connectivity index (χ4n) is 3.42. The molecule has 0 saturated carbocycles. The number of hydrogen-bond acceptors (Lipinski definition) is 6. The van der Waals surface area contributed by atoms with Crippen LogP contribution in [-0.2, 0) is 19.6 Å². The maximum Gasteiger partial charge on any atom is 0.309 e. The van der Waals surface area contributed by atoms with Crippen molar-refractivity contribution in [3.05, 3.63) is 59.9 Å². The fourth-order valence-corrected chi connectivity index (χ4v) is 4.94. The molecule has 1 saturated heterocycles. The largest absolute Gasteiger partial charge is 0.466 e. The second-order valence-corrected chi connectivity index (χ2v) is 9.18. The number of benzene rings is 2. The van der Waals surface area contributed by atoms with Crippen LogP contribution in [0.25, 0.3) is 0 Å². The maximum absolute atomic E-state index is 13.0. The van der Waals surface area contributed by atoms with Crippen LogP contribution in [0.2, 0.25) is 0 Å². The number of piperidine rings is 1. The van der Waals surface area contributed by atoms with Crippen LogP contribution in [0.1, 0.15) is 30.1 Å². The molecule has 2 aromatic rings. The lowest BCUT2D eigenvalue weighted by molar-refractivity contribution is -0.149. The molecule has 0 aromatic heterocycles. The molecule has 0 unspecified atom stereocenters. The third-order valence-electron chi connectivity index (χ3n) is 5.16. The molecule has 3 rings (SSSR count). The predicted octanol–water partition coefficient (Wildman–Crippen LogP) is 3.08. The molecule has 1 aliphatic rings. The quantitative estimate of drug-likeness (QED) is 0.493. The van der Waals surface area contributed by atoms with Crippen molar-refractivity contribution in [2.24, 2.45) is 5.92 Å². The van der Waals surface area contributed by atoms with Gasteiger partial charge in [-0.05, 0) is 56.2 Å². The van der Waals surface area contributed by atoms with Crippen molar-refractivity contribution in [1.82, 2.24) is 4.31 Å². The SMILES string of the molecule is CCOC(=O)C1CCN(S(=O)(=O)c2cccc(C(=O)CNc3ccc(F)cc3)c2)CC1. The van der Waals surface area contributed by atoms with E-state index in [0.29, 0.717) is 25.1 Å². The number of nitrogens with zero attached hydrogens (tertiary/aromatic N) is 1. The van der Waals surface area contributed by atoms with Gasteiger partial charge >= 0.3 is 5.97 Å². The number of nitrogens with one attached hydrogen (secondary N) is 1. The molecule has 1 fully saturated rings. The van der Waals surface area contributed by atoms with Crippen molar-refractivity contribution < 1.29 is 27.1 Å². The van der Waals surface area contributed by atoms with Gasteiger partial charge in [0, 0.05) is 24.3 Å². The first-order valence-electron chi connectivity index (χ1n) is 10.1. The molecule has 1 heterocycles. The Hall–Kier alpha value is -2.78. The third kappa shape index (κ3) is 5.68. The van der Waals surface area contributed by atoms with Gasteiger partial charge in [0.1, 0.15) is 5.82 Å². The summed E-state index contributed by atoms with van der Waals surface area (Å²) >= 11 is 0. The normalized spacial score (nSPS) is 15.4. The van der Waals surface area contributed by atoms with Gasteiger partial charge < -0.3 is 10.1 Å². The highest BCUT2D eigenvalue weighted by Gasteiger charge is 2.32. The highest BCUT2D eigenvalue weighted by atomic mass is 32.2. The predicted molar refractivity (Wildman–Crippen MR) is 114 cm³/mol. The number of ether oxygens (including phenoxy) is 1. The fraction of sp³-hybridized carbons (Fsp3) is 0.364. The van der Waals surface area contributed by atoms with Gasteiger partial charge in [0.25, 0.3) is 0 Å². The summed E-state index contributed by atoms with van der Waals surface area (Å²) in [4.78, 5) is 24.4. The minimum absolute atomic E-state index is 0.0368. The van der Waals surface area contributed by atoms with Gasteiger partial charge in [0.2, 0.25) is 10.0 Å². The van der Waals surface area contributed by atoms with Gasteiger partial charge in [0.15, 0.2) is 5.78 Å². The Morgan fingerprint density at radius 1 is 1.13 bits per heavy atom. The van der Waals surface area contributed by atoms with Gasteiger partial charge in [-0.1, -0.05) is 12.1 Å². The highest BCUT2D eigenvalue weighted by Crippen LogP contribution is 2.25.